The van der Waals surface area contributed by atoms with Gasteiger partial charge in [0.15, 0.2) is 5.76 Å². The molecule has 5 nitrogen and oxygen atoms in total. The summed E-state index contributed by atoms with van der Waals surface area (Å²) in [6.07, 6.45) is 4.93. The molecule has 1 heterocycles. The van der Waals surface area contributed by atoms with E-state index in [0.717, 1.165) is 5.69 Å². The Labute approximate surface area is 101 Å². The van der Waals surface area contributed by atoms with Gasteiger partial charge in [0.25, 0.3) is 0 Å². The number of aryl methyl sites for hydroxylation is 1. The highest BCUT2D eigenvalue weighted by molar-refractivity contribution is 5.77. The van der Waals surface area contributed by atoms with Crippen LogP contribution in [0.15, 0.2) is 10.6 Å². The molecule has 1 saturated carbocycles. The Morgan fingerprint density at radius 2 is 2.29 bits per heavy atom. The van der Waals surface area contributed by atoms with Crippen molar-refractivity contribution in [3.8, 4) is 0 Å². The maximum absolute atomic E-state index is 11.5. The van der Waals surface area contributed by atoms with Crippen molar-refractivity contribution in [1.29, 1.82) is 0 Å². The van der Waals surface area contributed by atoms with Crippen molar-refractivity contribution >= 4 is 5.91 Å². The highest BCUT2D eigenvalue weighted by atomic mass is 16.5. The van der Waals surface area contributed by atoms with Gasteiger partial charge in [0, 0.05) is 12.1 Å². The molecule has 0 spiro atoms. The van der Waals surface area contributed by atoms with E-state index in [9.17, 15) is 4.79 Å². The fourth-order valence-electron chi connectivity index (χ4n) is 2.11. The molecule has 0 aliphatic heterocycles. The number of aromatic nitrogens is 1. The monoisotopic (exact) mass is 237 g/mol. The number of hydrogen-bond acceptors (Lipinski definition) is 4. The molecule has 0 saturated heterocycles. The van der Waals surface area contributed by atoms with Crippen LogP contribution in [0.1, 0.15) is 37.1 Å². The zero-order chi connectivity index (χ0) is 12.1. The topological polar surface area (TPSA) is 67.2 Å². The van der Waals surface area contributed by atoms with E-state index < -0.39 is 0 Å². The third-order valence-electron chi connectivity index (χ3n) is 3.04. The lowest BCUT2D eigenvalue weighted by Gasteiger charge is -2.10. The Balaban J connectivity index is 1.63. The number of nitrogens with zero attached hydrogens (tertiary/aromatic N) is 1. The van der Waals surface area contributed by atoms with Gasteiger partial charge in [0.1, 0.15) is 0 Å². The summed E-state index contributed by atoms with van der Waals surface area (Å²) in [5, 5.41) is 9.83. The van der Waals surface area contributed by atoms with Gasteiger partial charge >= 0.3 is 0 Å². The van der Waals surface area contributed by atoms with Gasteiger partial charge in [0.05, 0.1) is 18.8 Å². The van der Waals surface area contributed by atoms with Gasteiger partial charge in [-0.25, -0.2) is 0 Å². The minimum absolute atomic E-state index is 0.00551. The quantitative estimate of drug-likeness (QED) is 0.805. The summed E-state index contributed by atoms with van der Waals surface area (Å²) in [6.45, 7) is 2.65. The molecule has 1 aliphatic rings. The smallest absolute Gasteiger partial charge is 0.234 e. The summed E-state index contributed by atoms with van der Waals surface area (Å²) in [5.74, 6) is 0.697. The van der Waals surface area contributed by atoms with Crippen LogP contribution in [0, 0.1) is 6.92 Å². The number of hydrogen-bond donors (Lipinski definition) is 2. The van der Waals surface area contributed by atoms with Crippen LogP contribution in [0.3, 0.4) is 0 Å². The SMILES string of the molecule is Cc1cc(CNC(=O)CNC2CCCC2)on1. The average molecular weight is 237 g/mol. The summed E-state index contributed by atoms with van der Waals surface area (Å²) in [4.78, 5) is 11.5. The molecule has 94 valence electrons. The molecule has 1 aromatic rings. The Hall–Kier alpha value is -1.36. The summed E-state index contributed by atoms with van der Waals surface area (Å²) in [7, 11) is 0. The first-order valence-electron chi connectivity index (χ1n) is 6.16. The molecular formula is C12H19N3O2. The highest BCUT2D eigenvalue weighted by Gasteiger charge is 2.15. The maximum atomic E-state index is 11.5. The molecule has 1 fully saturated rings. The van der Waals surface area contributed by atoms with E-state index in [0.29, 0.717) is 24.9 Å². The van der Waals surface area contributed by atoms with Crippen molar-refractivity contribution in [1.82, 2.24) is 15.8 Å². The van der Waals surface area contributed by atoms with E-state index in [2.05, 4.69) is 15.8 Å². The molecule has 1 aromatic heterocycles. The van der Waals surface area contributed by atoms with E-state index in [4.69, 9.17) is 4.52 Å². The first-order valence-corrected chi connectivity index (χ1v) is 6.16. The number of carbonyl (C=O) groups excluding carboxylic acids is 1. The fourth-order valence-corrected chi connectivity index (χ4v) is 2.11. The molecule has 0 bridgehead atoms. The Bertz CT molecular complexity index is 370. The van der Waals surface area contributed by atoms with Crippen molar-refractivity contribution < 1.29 is 9.32 Å². The van der Waals surface area contributed by atoms with E-state index >= 15 is 0 Å². The van der Waals surface area contributed by atoms with E-state index in [-0.39, 0.29) is 5.91 Å². The Morgan fingerprint density at radius 1 is 1.53 bits per heavy atom. The molecule has 2 rings (SSSR count). The molecule has 0 unspecified atom stereocenters. The molecule has 1 amide bonds. The third kappa shape index (κ3) is 3.85. The van der Waals surface area contributed by atoms with E-state index in [1.807, 2.05) is 13.0 Å². The summed E-state index contributed by atoms with van der Waals surface area (Å²) >= 11 is 0. The second-order valence-electron chi connectivity index (χ2n) is 4.57. The molecule has 17 heavy (non-hydrogen) atoms. The first kappa shape index (κ1) is 12.1. The summed E-state index contributed by atoms with van der Waals surface area (Å²) < 4.78 is 5.01. The van der Waals surface area contributed by atoms with Crippen LogP contribution in [0.4, 0.5) is 0 Å². The molecule has 1 aliphatic carbocycles. The number of carbonyl (C=O) groups is 1. The van der Waals surface area contributed by atoms with Crippen LogP contribution in [-0.4, -0.2) is 23.7 Å². The van der Waals surface area contributed by atoms with Crippen molar-refractivity contribution in [3.63, 3.8) is 0 Å². The second-order valence-corrected chi connectivity index (χ2v) is 4.57. The van der Waals surface area contributed by atoms with Crippen molar-refractivity contribution in [2.75, 3.05) is 6.54 Å². The molecular weight excluding hydrogens is 218 g/mol. The lowest BCUT2D eigenvalue weighted by atomic mass is 10.2. The standard InChI is InChI=1S/C12H19N3O2/c1-9-6-11(17-15-9)7-14-12(16)8-13-10-4-2-3-5-10/h6,10,13H,2-5,7-8H2,1H3,(H,14,16). The predicted molar refractivity (Wildman–Crippen MR) is 63.3 cm³/mol. The van der Waals surface area contributed by atoms with Crippen LogP contribution < -0.4 is 10.6 Å². The van der Waals surface area contributed by atoms with Crippen LogP contribution in [0.25, 0.3) is 0 Å². The number of rotatable bonds is 5. The largest absolute Gasteiger partial charge is 0.359 e. The number of nitrogens with one attached hydrogen (secondary N) is 2. The fraction of sp³-hybridized carbons (Fsp3) is 0.667. The van der Waals surface area contributed by atoms with Crippen molar-refractivity contribution in [3.05, 3.63) is 17.5 Å². The zero-order valence-corrected chi connectivity index (χ0v) is 10.2. The van der Waals surface area contributed by atoms with Gasteiger partial charge in [-0.3, -0.25) is 4.79 Å². The van der Waals surface area contributed by atoms with Gasteiger partial charge in [-0.05, 0) is 19.8 Å². The lowest BCUT2D eigenvalue weighted by molar-refractivity contribution is -0.120. The van der Waals surface area contributed by atoms with Crippen LogP contribution >= 0.6 is 0 Å². The third-order valence-corrected chi connectivity index (χ3v) is 3.04. The Kier molecular flexibility index (Phi) is 4.14. The molecule has 0 radical (unpaired) electrons. The average Bonchev–Trinajstić information content (AvgIpc) is 2.95. The zero-order valence-electron chi connectivity index (χ0n) is 10.2. The lowest BCUT2D eigenvalue weighted by Crippen LogP contribution is -2.37. The Morgan fingerprint density at radius 3 is 2.94 bits per heavy atom. The van der Waals surface area contributed by atoms with Gasteiger partial charge < -0.3 is 15.2 Å². The van der Waals surface area contributed by atoms with Gasteiger partial charge in [-0.2, -0.15) is 0 Å². The first-order chi connectivity index (χ1) is 8.24. The van der Waals surface area contributed by atoms with Crippen molar-refractivity contribution in [2.24, 2.45) is 0 Å². The van der Waals surface area contributed by atoms with Crippen LogP contribution in [0.2, 0.25) is 0 Å². The normalized spacial score (nSPS) is 16.3. The molecule has 0 aromatic carbocycles. The van der Waals surface area contributed by atoms with Gasteiger partial charge in [-0.1, -0.05) is 18.0 Å². The summed E-state index contributed by atoms with van der Waals surface area (Å²) in [5.41, 5.74) is 0.832. The molecule has 5 heteroatoms. The van der Waals surface area contributed by atoms with Gasteiger partial charge in [0.2, 0.25) is 5.91 Å². The predicted octanol–water partition coefficient (Wildman–Crippen LogP) is 1.13. The van der Waals surface area contributed by atoms with Gasteiger partial charge in [-0.15, -0.1) is 0 Å². The maximum Gasteiger partial charge on any atom is 0.234 e. The van der Waals surface area contributed by atoms with Crippen LogP contribution in [-0.2, 0) is 11.3 Å². The number of amides is 1. The van der Waals surface area contributed by atoms with Crippen molar-refractivity contribution in [2.45, 2.75) is 45.2 Å². The molecule has 2 N–H and O–H groups in total. The van der Waals surface area contributed by atoms with E-state index in [1.54, 1.807) is 0 Å². The second kappa shape index (κ2) is 5.82. The highest BCUT2D eigenvalue weighted by Crippen LogP contribution is 2.17. The van der Waals surface area contributed by atoms with E-state index in [1.165, 1.54) is 25.7 Å². The minimum atomic E-state index is 0.00551. The minimum Gasteiger partial charge on any atom is -0.359 e. The van der Waals surface area contributed by atoms with Crippen LogP contribution in [0.5, 0.6) is 0 Å². The molecule has 0 atom stereocenters. The summed E-state index contributed by atoms with van der Waals surface area (Å²) in [6, 6.07) is 2.35.